The minimum atomic E-state index is -2.66. The second kappa shape index (κ2) is 26.0. The van der Waals surface area contributed by atoms with E-state index in [9.17, 15) is 20.4 Å². The fourth-order valence-corrected chi connectivity index (χ4v) is 25.2. The van der Waals surface area contributed by atoms with Gasteiger partial charge in [0.1, 0.15) is 17.1 Å². The standard InChI is InChI=1S/C23H25IO4.C23H25O4.3C4H9.Sn/c1-23(2)7-6-17-11-16(4-5-21(17)28-23)18(12-24)8-15-9-19(13-25)20(14-26)22(10-15)27-3;1-15(9-16-10-19(13-24)20(14-25)22(11-16)26-4)17-5-6-21-18(12-17)7-8-23(2,3)27-21;3*1-3-4-2;/h4-7,9-12,25-26H,8,13-14H2,1-3H3;1,5-8,10-12,24-25H,9,13-14H2,2-4H3;3*1,3-4H2,2H3;/b18-12-;;;;;. The van der Waals surface area contributed by atoms with Gasteiger partial charge in [-0.05, 0) is 70.9 Å². The predicted octanol–water partition coefficient (Wildman–Crippen LogP) is 13.8. The summed E-state index contributed by atoms with van der Waals surface area (Å²) in [4.78, 5) is 0. The van der Waals surface area contributed by atoms with Crippen molar-refractivity contribution < 1.29 is 39.4 Å². The summed E-state index contributed by atoms with van der Waals surface area (Å²) in [5.41, 5.74) is 11.4. The molecule has 4 aromatic rings. The Hall–Kier alpha value is -3.59. The summed E-state index contributed by atoms with van der Waals surface area (Å²) in [6.45, 7) is 14.6. The van der Waals surface area contributed by atoms with E-state index in [0.717, 1.165) is 56.9 Å². The summed E-state index contributed by atoms with van der Waals surface area (Å²) in [6, 6.07) is 20.9. The Morgan fingerprint density at radius 2 is 1.00 bits per heavy atom. The number of aliphatic hydroxyl groups excluding tert-OH is 4. The maximum atomic E-state index is 10.1. The molecular formula is C58H77IO8Sn. The van der Waals surface area contributed by atoms with E-state index >= 15 is 0 Å². The van der Waals surface area contributed by atoms with Crippen LogP contribution in [0.25, 0.3) is 23.3 Å². The number of hydrogen-bond acceptors (Lipinski definition) is 8. The first-order valence-corrected chi connectivity index (χ1v) is 33.5. The Balaban J connectivity index is 0.000000270. The molecule has 0 amide bonds. The normalized spacial score (nSPS) is 14.9. The van der Waals surface area contributed by atoms with Gasteiger partial charge < -0.3 is 19.7 Å². The van der Waals surface area contributed by atoms with Crippen LogP contribution in [0.2, 0.25) is 13.3 Å². The van der Waals surface area contributed by atoms with Crippen LogP contribution >= 0.6 is 22.6 Å². The molecule has 8 nitrogen and oxygen atoms in total. The molecule has 6 rings (SSSR count). The quantitative estimate of drug-likeness (QED) is 0.0454. The van der Waals surface area contributed by atoms with Gasteiger partial charge >= 0.3 is 248 Å². The molecule has 0 bridgehead atoms. The molecule has 4 N–H and O–H groups in total. The monoisotopic (exact) mass is 1150 g/mol. The van der Waals surface area contributed by atoms with Crippen LogP contribution in [0.5, 0.6) is 23.0 Å². The molecule has 0 saturated heterocycles. The molecular weight excluding hydrogens is 1070 g/mol. The van der Waals surface area contributed by atoms with E-state index in [1.807, 2.05) is 44.2 Å². The molecule has 0 aromatic heterocycles. The van der Waals surface area contributed by atoms with Crippen LogP contribution in [0, 0.1) is 0 Å². The van der Waals surface area contributed by atoms with Crippen LogP contribution in [0.3, 0.4) is 0 Å². The molecule has 2 aliphatic heterocycles. The van der Waals surface area contributed by atoms with Gasteiger partial charge in [-0.15, -0.1) is 0 Å². The van der Waals surface area contributed by atoms with E-state index in [1.165, 1.54) is 63.0 Å². The smallest absolute Gasteiger partial charge is 0.127 e. The van der Waals surface area contributed by atoms with Crippen LogP contribution in [0.4, 0.5) is 0 Å². The first-order valence-electron chi connectivity index (χ1n) is 24.5. The first-order chi connectivity index (χ1) is 32.6. The average Bonchev–Trinajstić information content (AvgIpc) is 3.34. The summed E-state index contributed by atoms with van der Waals surface area (Å²) in [7, 11) is 3.21. The van der Waals surface area contributed by atoms with Crippen molar-refractivity contribution in [2.24, 2.45) is 0 Å². The van der Waals surface area contributed by atoms with E-state index < -0.39 is 18.4 Å². The van der Waals surface area contributed by atoms with Gasteiger partial charge in [-0.25, -0.2) is 0 Å². The fraction of sp³-hybridized carbons (Fsp3) is 0.448. The Morgan fingerprint density at radius 1 is 0.588 bits per heavy atom. The van der Waals surface area contributed by atoms with E-state index in [0.29, 0.717) is 34.6 Å². The molecule has 4 aromatic carbocycles. The Morgan fingerprint density at radius 3 is 1.37 bits per heavy atom. The van der Waals surface area contributed by atoms with Gasteiger partial charge in [0.2, 0.25) is 0 Å². The molecule has 0 unspecified atom stereocenters. The van der Waals surface area contributed by atoms with Gasteiger partial charge in [-0.1, -0.05) is 40.8 Å². The number of rotatable bonds is 22. The third-order valence-electron chi connectivity index (χ3n) is 13.1. The van der Waals surface area contributed by atoms with Crippen LogP contribution in [0.1, 0.15) is 143 Å². The molecule has 10 heteroatoms. The van der Waals surface area contributed by atoms with Crippen molar-refractivity contribution in [1.82, 2.24) is 0 Å². The molecule has 368 valence electrons. The molecule has 2 heterocycles. The van der Waals surface area contributed by atoms with Gasteiger partial charge in [0.05, 0.1) is 20.3 Å². The summed E-state index contributed by atoms with van der Waals surface area (Å²) in [5.74, 6) is 3.07. The number of allylic oxidation sites excluding steroid dienone is 2. The second-order valence-electron chi connectivity index (χ2n) is 19.4. The number of hydrogen-bond donors (Lipinski definition) is 4. The fourth-order valence-electron chi connectivity index (χ4n) is 9.33. The summed E-state index contributed by atoms with van der Waals surface area (Å²) < 4.78 is 32.5. The Labute approximate surface area is 425 Å². The van der Waals surface area contributed by atoms with E-state index in [2.05, 4.69) is 120 Å². The van der Waals surface area contributed by atoms with Crippen LogP contribution in [-0.2, 0) is 39.3 Å². The number of unbranched alkanes of at least 4 members (excludes halogenated alkanes) is 3. The Bertz CT molecular complexity index is 2360. The zero-order chi connectivity index (χ0) is 49.5. The summed E-state index contributed by atoms with van der Waals surface area (Å²) in [5, 5.41) is 39.3. The van der Waals surface area contributed by atoms with Gasteiger partial charge in [0.15, 0.2) is 0 Å². The van der Waals surface area contributed by atoms with Crippen LogP contribution in [-0.4, -0.2) is 64.2 Å². The van der Waals surface area contributed by atoms with E-state index in [-0.39, 0.29) is 37.6 Å². The summed E-state index contributed by atoms with van der Waals surface area (Å²) >= 11 is -0.403. The molecule has 0 fully saturated rings. The van der Waals surface area contributed by atoms with Crippen molar-refractivity contribution in [2.75, 3.05) is 14.2 Å². The first kappa shape index (κ1) is 55.3. The van der Waals surface area contributed by atoms with Crippen molar-refractivity contribution >= 4 is 64.3 Å². The van der Waals surface area contributed by atoms with Crippen molar-refractivity contribution in [3.8, 4) is 23.0 Å². The third-order valence-corrected chi connectivity index (χ3v) is 28.2. The molecule has 0 aliphatic carbocycles. The molecule has 68 heavy (non-hydrogen) atoms. The number of aliphatic hydroxyl groups is 4. The zero-order valence-electron chi connectivity index (χ0n) is 42.1. The zero-order valence-corrected chi connectivity index (χ0v) is 47.2. The van der Waals surface area contributed by atoms with Crippen molar-refractivity contribution in [3.63, 3.8) is 0 Å². The van der Waals surface area contributed by atoms with Gasteiger partial charge in [-0.3, -0.25) is 0 Å². The predicted molar refractivity (Wildman–Crippen MR) is 292 cm³/mol. The molecule has 0 atom stereocenters. The molecule has 0 spiro atoms. The number of ether oxygens (including phenoxy) is 4. The van der Waals surface area contributed by atoms with Gasteiger partial charge in [0.25, 0.3) is 0 Å². The number of halogens is 1. The topological polar surface area (TPSA) is 118 Å². The second-order valence-corrected chi connectivity index (χ2v) is 32.9. The van der Waals surface area contributed by atoms with Crippen molar-refractivity contribution in [1.29, 1.82) is 0 Å². The van der Waals surface area contributed by atoms with Gasteiger partial charge in [0, 0.05) is 11.1 Å². The minimum Gasteiger partial charge on any atom is -0.496 e. The largest absolute Gasteiger partial charge is 0.496 e. The third kappa shape index (κ3) is 14.7. The van der Waals surface area contributed by atoms with Crippen LogP contribution in [0.15, 0.2) is 81.0 Å². The molecule has 0 radical (unpaired) electrons. The van der Waals surface area contributed by atoms with E-state index in [1.54, 1.807) is 14.2 Å². The minimum absolute atomic E-state index is 0.122. The number of fused-ring (bicyclic) bond motifs is 2. The SMILES string of the molecule is CCC[CH2][Sn](/[CH]=C(/Cc1cc(CO)c(CO)c(OC)c1)c1ccc2c(c1)C=CC(C)(C)O2)([CH2]CCC)[CH2]CCC.COc1cc(C/C(=C/I)c2ccc3c(c2)C=CC(C)(C)O3)cc(CO)c1CO. The maximum absolute atomic E-state index is 10.1. The van der Waals surface area contributed by atoms with Crippen molar-refractivity contribution in [2.45, 2.75) is 151 Å². The molecule has 2 aliphatic rings. The number of methoxy groups -OCH3 is 2. The molecule has 0 saturated carbocycles. The van der Waals surface area contributed by atoms with Gasteiger partial charge in [-0.2, -0.15) is 0 Å². The van der Waals surface area contributed by atoms with Crippen molar-refractivity contribution in [3.05, 3.63) is 137 Å². The summed E-state index contributed by atoms with van der Waals surface area (Å²) in [6.07, 6.45) is 17.7. The van der Waals surface area contributed by atoms with E-state index in [4.69, 9.17) is 18.9 Å². The number of benzene rings is 4. The average molecular weight is 1150 g/mol. The Kier molecular flexibility index (Phi) is 21.2. The van der Waals surface area contributed by atoms with Crippen LogP contribution < -0.4 is 18.9 Å². The maximum Gasteiger partial charge on any atom is 0.127 e.